The lowest BCUT2D eigenvalue weighted by Crippen LogP contribution is -2.25. The van der Waals surface area contributed by atoms with Crippen LogP contribution in [0.3, 0.4) is 0 Å². The summed E-state index contributed by atoms with van der Waals surface area (Å²) in [4.78, 5) is 11.6. The minimum atomic E-state index is -4.42. The second-order valence-electron chi connectivity index (χ2n) is 5.02. The van der Waals surface area contributed by atoms with E-state index in [0.29, 0.717) is 0 Å². The molecule has 7 heteroatoms. The average molecular weight is 347 g/mol. The average Bonchev–Trinajstić information content (AvgIpc) is 2.60. The summed E-state index contributed by atoms with van der Waals surface area (Å²) in [7, 11) is 0. The molecule has 0 saturated heterocycles. The van der Waals surface area contributed by atoms with E-state index in [2.05, 4.69) is 15.8 Å². The third-order valence-electron chi connectivity index (χ3n) is 3.08. The van der Waals surface area contributed by atoms with Crippen molar-refractivity contribution in [3.8, 4) is 0 Å². The van der Waals surface area contributed by atoms with Crippen LogP contribution in [0.4, 0.5) is 18.9 Å². The molecule has 2 N–H and O–H groups in total. The number of hydrogen-bond donors (Lipinski definition) is 2. The number of alkyl halides is 3. The molecule has 0 saturated carbocycles. The zero-order chi connectivity index (χ0) is 18.1. The summed E-state index contributed by atoms with van der Waals surface area (Å²) in [6.07, 6.45) is 0.469. The van der Waals surface area contributed by atoms with Crippen molar-refractivity contribution in [3.05, 3.63) is 71.8 Å². The van der Waals surface area contributed by atoms with Crippen LogP contribution >= 0.6 is 0 Å². The van der Waals surface area contributed by atoms with Gasteiger partial charge < -0.3 is 5.32 Å². The van der Waals surface area contributed by atoms with Gasteiger partial charge in [0, 0.05) is 11.9 Å². The number of carbonyl (C=O) groups is 1. The maximum absolute atomic E-state index is 12.6. The van der Waals surface area contributed by atoms with Gasteiger partial charge >= 0.3 is 6.18 Å². The maximum atomic E-state index is 12.6. The van der Waals surface area contributed by atoms with Gasteiger partial charge in [0.1, 0.15) is 0 Å². The van der Waals surface area contributed by atoms with E-state index < -0.39 is 17.6 Å². The van der Waals surface area contributed by atoms with Gasteiger partial charge in [0.05, 0.1) is 12.1 Å². The van der Waals surface area contributed by atoms with Crippen LogP contribution in [0, 0.1) is 0 Å². The number of hydrazone groups is 1. The van der Waals surface area contributed by atoms with Crippen molar-refractivity contribution in [1.29, 1.82) is 0 Å². The highest BCUT2D eigenvalue weighted by Gasteiger charge is 2.30. The maximum Gasteiger partial charge on any atom is 0.416 e. The first-order chi connectivity index (χ1) is 11.9. The van der Waals surface area contributed by atoms with E-state index in [1.54, 1.807) is 6.08 Å². The van der Waals surface area contributed by atoms with Gasteiger partial charge in [-0.1, -0.05) is 42.5 Å². The fourth-order valence-electron chi connectivity index (χ4n) is 1.90. The first-order valence-corrected chi connectivity index (χ1v) is 7.40. The lowest BCUT2D eigenvalue weighted by atomic mass is 10.2. The van der Waals surface area contributed by atoms with Crippen molar-refractivity contribution in [2.45, 2.75) is 6.18 Å². The molecule has 4 nitrogen and oxygen atoms in total. The minimum Gasteiger partial charge on any atom is -0.376 e. The highest BCUT2D eigenvalue weighted by atomic mass is 19.4. The number of halogens is 3. The van der Waals surface area contributed by atoms with Crippen molar-refractivity contribution < 1.29 is 18.0 Å². The topological polar surface area (TPSA) is 53.5 Å². The Bertz CT molecular complexity index is 756. The van der Waals surface area contributed by atoms with Gasteiger partial charge in [-0.25, -0.2) is 5.43 Å². The first kappa shape index (κ1) is 18.3. The molecule has 130 valence electrons. The van der Waals surface area contributed by atoms with Gasteiger partial charge in [-0.15, -0.1) is 0 Å². The van der Waals surface area contributed by atoms with Crippen molar-refractivity contribution in [2.24, 2.45) is 5.10 Å². The number of allylic oxidation sites excluding steroid dienone is 1. The summed E-state index contributed by atoms with van der Waals surface area (Å²) in [6.45, 7) is -0.193. The Morgan fingerprint density at radius 1 is 1.08 bits per heavy atom. The number of nitrogens with zero attached hydrogens (tertiary/aromatic N) is 1. The molecule has 1 amide bonds. The first-order valence-electron chi connectivity index (χ1n) is 7.40. The predicted molar refractivity (Wildman–Crippen MR) is 92.0 cm³/mol. The summed E-state index contributed by atoms with van der Waals surface area (Å²) < 4.78 is 37.8. The molecule has 0 aromatic heterocycles. The Hall–Kier alpha value is -3.09. The normalized spacial score (nSPS) is 11.8. The molecule has 0 spiro atoms. The molecule has 0 radical (unpaired) electrons. The van der Waals surface area contributed by atoms with Crippen LogP contribution in [-0.4, -0.2) is 18.7 Å². The Labute approximate surface area is 143 Å². The number of anilines is 1. The van der Waals surface area contributed by atoms with E-state index in [1.807, 2.05) is 36.4 Å². The molecule has 2 aromatic carbocycles. The highest BCUT2D eigenvalue weighted by Crippen LogP contribution is 2.30. The molecule has 0 aliphatic rings. The quantitative estimate of drug-likeness (QED) is 0.614. The number of benzene rings is 2. The van der Waals surface area contributed by atoms with Gasteiger partial charge in [0.25, 0.3) is 5.91 Å². The molecule has 0 atom stereocenters. The van der Waals surface area contributed by atoms with Crippen LogP contribution in [0.15, 0.2) is 65.8 Å². The molecule has 0 heterocycles. The predicted octanol–water partition coefficient (Wildman–Crippen LogP) is 3.93. The van der Waals surface area contributed by atoms with E-state index in [1.165, 1.54) is 18.3 Å². The standard InChI is InChI=1S/C18H16F3N3O/c19-18(20,21)15-9-4-10-16(12-15)22-13-17(25)24-23-11-5-8-14-6-2-1-3-7-14/h1-12,22H,13H2,(H,24,25)/b8-5+,23-11-. The van der Waals surface area contributed by atoms with Crippen molar-refractivity contribution in [1.82, 2.24) is 5.43 Å². The molecule has 25 heavy (non-hydrogen) atoms. The number of amides is 1. The summed E-state index contributed by atoms with van der Waals surface area (Å²) in [5.74, 6) is -0.471. The molecule has 2 rings (SSSR count). The lowest BCUT2D eigenvalue weighted by Gasteiger charge is -2.09. The van der Waals surface area contributed by atoms with Crippen LogP contribution in [-0.2, 0) is 11.0 Å². The molecule has 0 bridgehead atoms. The zero-order valence-corrected chi connectivity index (χ0v) is 13.1. The van der Waals surface area contributed by atoms with Gasteiger partial charge in [-0.05, 0) is 29.8 Å². The Morgan fingerprint density at radius 2 is 1.84 bits per heavy atom. The molecular formula is C18H16F3N3O. The highest BCUT2D eigenvalue weighted by molar-refractivity contribution is 5.83. The van der Waals surface area contributed by atoms with E-state index in [4.69, 9.17) is 0 Å². The summed E-state index contributed by atoms with van der Waals surface area (Å²) >= 11 is 0. The fourth-order valence-corrected chi connectivity index (χ4v) is 1.90. The van der Waals surface area contributed by atoms with Crippen LogP contribution < -0.4 is 10.7 Å². The van der Waals surface area contributed by atoms with E-state index in [-0.39, 0.29) is 12.2 Å². The van der Waals surface area contributed by atoms with Gasteiger partial charge in [0.15, 0.2) is 0 Å². The van der Waals surface area contributed by atoms with Crippen molar-refractivity contribution >= 4 is 23.9 Å². The van der Waals surface area contributed by atoms with E-state index in [9.17, 15) is 18.0 Å². The Kier molecular flexibility index (Phi) is 6.33. The Morgan fingerprint density at radius 3 is 2.56 bits per heavy atom. The number of rotatable bonds is 6. The monoisotopic (exact) mass is 347 g/mol. The Balaban J connectivity index is 1.77. The second-order valence-corrected chi connectivity index (χ2v) is 5.02. The van der Waals surface area contributed by atoms with Crippen LogP contribution in [0.2, 0.25) is 0 Å². The smallest absolute Gasteiger partial charge is 0.376 e. The van der Waals surface area contributed by atoms with Crippen LogP contribution in [0.25, 0.3) is 6.08 Å². The largest absolute Gasteiger partial charge is 0.416 e. The number of carbonyl (C=O) groups excluding carboxylic acids is 1. The molecule has 0 aliphatic carbocycles. The second kappa shape index (κ2) is 8.68. The molecule has 2 aromatic rings. The zero-order valence-electron chi connectivity index (χ0n) is 13.1. The number of hydrogen-bond acceptors (Lipinski definition) is 3. The van der Waals surface area contributed by atoms with E-state index >= 15 is 0 Å². The molecule has 0 fully saturated rings. The van der Waals surface area contributed by atoms with Gasteiger partial charge in [0.2, 0.25) is 0 Å². The summed E-state index contributed by atoms with van der Waals surface area (Å²) in [5, 5.41) is 6.34. The van der Waals surface area contributed by atoms with Crippen LogP contribution in [0.1, 0.15) is 11.1 Å². The lowest BCUT2D eigenvalue weighted by molar-refractivity contribution is -0.137. The minimum absolute atomic E-state index is 0.193. The summed E-state index contributed by atoms with van der Waals surface area (Å²) in [5.41, 5.74) is 2.70. The third kappa shape index (κ3) is 6.50. The fraction of sp³-hybridized carbons (Fsp3) is 0.111. The van der Waals surface area contributed by atoms with E-state index in [0.717, 1.165) is 17.7 Å². The molecular weight excluding hydrogens is 331 g/mol. The molecule has 0 aliphatic heterocycles. The van der Waals surface area contributed by atoms with Crippen LogP contribution in [0.5, 0.6) is 0 Å². The molecule has 0 unspecified atom stereocenters. The third-order valence-corrected chi connectivity index (χ3v) is 3.08. The van der Waals surface area contributed by atoms with Gasteiger partial charge in [-0.2, -0.15) is 18.3 Å². The van der Waals surface area contributed by atoms with Gasteiger partial charge in [-0.3, -0.25) is 4.79 Å². The number of nitrogens with one attached hydrogen (secondary N) is 2. The van der Waals surface area contributed by atoms with Crippen molar-refractivity contribution in [3.63, 3.8) is 0 Å². The summed E-state index contributed by atoms with van der Waals surface area (Å²) in [6, 6.07) is 14.2. The SMILES string of the molecule is O=C(CNc1cccc(C(F)(F)F)c1)N/N=C\C=C\c1ccccc1. The van der Waals surface area contributed by atoms with Crippen molar-refractivity contribution in [2.75, 3.05) is 11.9 Å².